The molecule has 31 heavy (non-hydrogen) atoms. The number of morpholine rings is 1. The number of ether oxygens (including phenoxy) is 1. The average molecular weight is 420 g/mol. The van der Waals surface area contributed by atoms with Crippen LogP contribution in [-0.2, 0) is 16.6 Å². The van der Waals surface area contributed by atoms with E-state index in [0.29, 0.717) is 30.7 Å². The van der Waals surface area contributed by atoms with E-state index in [-0.39, 0.29) is 5.91 Å². The molecule has 3 aromatic rings. The van der Waals surface area contributed by atoms with E-state index in [4.69, 9.17) is 9.72 Å². The van der Waals surface area contributed by atoms with Crippen LogP contribution in [0.15, 0.2) is 55.5 Å². The zero-order valence-corrected chi connectivity index (χ0v) is 17.2. The van der Waals surface area contributed by atoms with Crippen LogP contribution in [0.25, 0.3) is 0 Å². The van der Waals surface area contributed by atoms with E-state index >= 15 is 0 Å². The third-order valence-electron chi connectivity index (χ3n) is 4.66. The molecule has 160 valence electrons. The van der Waals surface area contributed by atoms with Crippen LogP contribution in [0.1, 0.15) is 0 Å². The smallest absolute Gasteiger partial charge is 0.247 e. The molecule has 0 aliphatic carbocycles. The van der Waals surface area contributed by atoms with E-state index < -0.39 is 0 Å². The number of nitrogens with zero attached hydrogens (tertiary/aromatic N) is 5. The van der Waals surface area contributed by atoms with Gasteiger partial charge in [-0.25, -0.2) is 4.98 Å². The van der Waals surface area contributed by atoms with Gasteiger partial charge in [-0.1, -0.05) is 12.6 Å². The Hall–Kier alpha value is -3.92. The van der Waals surface area contributed by atoms with Crippen LogP contribution in [0.5, 0.6) is 0 Å². The van der Waals surface area contributed by atoms with Gasteiger partial charge in [-0.15, -0.1) is 0 Å². The molecule has 0 radical (unpaired) electrons. The molecule has 1 saturated heterocycles. The summed E-state index contributed by atoms with van der Waals surface area (Å²) in [4.78, 5) is 23.0. The quantitative estimate of drug-likeness (QED) is 0.501. The maximum atomic E-state index is 11.6. The summed E-state index contributed by atoms with van der Waals surface area (Å²) in [5, 5.41) is 13.4. The molecule has 0 atom stereocenters. The van der Waals surface area contributed by atoms with Crippen molar-refractivity contribution in [2.24, 2.45) is 7.05 Å². The van der Waals surface area contributed by atoms with Gasteiger partial charge in [0.1, 0.15) is 0 Å². The predicted molar refractivity (Wildman–Crippen MR) is 120 cm³/mol. The van der Waals surface area contributed by atoms with Crippen LogP contribution >= 0.6 is 0 Å². The molecule has 2 aromatic heterocycles. The van der Waals surface area contributed by atoms with Crippen LogP contribution in [0.4, 0.5) is 34.5 Å². The largest absolute Gasteiger partial charge is 0.378 e. The molecular weight excluding hydrogens is 396 g/mol. The summed E-state index contributed by atoms with van der Waals surface area (Å²) in [7, 11) is 1.85. The second-order valence-electron chi connectivity index (χ2n) is 6.95. The van der Waals surface area contributed by atoms with Gasteiger partial charge in [0, 0.05) is 37.7 Å². The molecule has 10 heteroatoms. The third-order valence-corrected chi connectivity index (χ3v) is 4.66. The van der Waals surface area contributed by atoms with Crippen molar-refractivity contribution in [1.82, 2.24) is 19.7 Å². The van der Waals surface area contributed by atoms with Gasteiger partial charge in [0.2, 0.25) is 11.9 Å². The summed E-state index contributed by atoms with van der Waals surface area (Å²) < 4.78 is 7.18. The van der Waals surface area contributed by atoms with E-state index in [1.807, 2.05) is 37.5 Å². The lowest BCUT2D eigenvalue weighted by Crippen LogP contribution is -2.36. The Morgan fingerprint density at radius 2 is 1.97 bits per heavy atom. The molecule has 1 aliphatic rings. The van der Waals surface area contributed by atoms with Crippen molar-refractivity contribution in [3.63, 3.8) is 0 Å². The normalized spacial score (nSPS) is 13.5. The number of hydrogen-bond donors (Lipinski definition) is 3. The lowest BCUT2D eigenvalue weighted by atomic mass is 10.2. The molecule has 3 heterocycles. The van der Waals surface area contributed by atoms with Crippen molar-refractivity contribution in [1.29, 1.82) is 0 Å². The highest BCUT2D eigenvalue weighted by Crippen LogP contribution is 2.29. The Kier molecular flexibility index (Phi) is 6.08. The van der Waals surface area contributed by atoms with Crippen LogP contribution in [0, 0.1) is 0 Å². The van der Waals surface area contributed by atoms with Gasteiger partial charge in [-0.3, -0.25) is 9.48 Å². The van der Waals surface area contributed by atoms with E-state index in [9.17, 15) is 4.79 Å². The summed E-state index contributed by atoms with van der Waals surface area (Å²) in [6, 6.07) is 7.40. The van der Waals surface area contributed by atoms with Crippen LogP contribution in [0.3, 0.4) is 0 Å². The minimum atomic E-state index is -0.267. The van der Waals surface area contributed by atoms with Gasteiger partial charge < -0.3 is 25.6 Å². The Balaban J connectivity index is 1.62. The molecule has 1 fully saturated rings. The molecule has 3 N–H and O–H groups in total. The molecule has 10 nitrogen and oxygen atoms in total. The van der Waals surface area contributed by atoms with Gasteiger partial charge in [-0.2, -0.15) is 10.1 Å². The van der Waals surface area contributed by atoms with Crippen LogP contribution < -0.4 is 20.9 Å². The summed E-state index contributed by atoms with van der Waals surface area (Å²) in [6.07, 6.45) is 6.58. The first-order valence-electron chi connectivity index (χ1n) is 9.86. The zero-order valence-electron chi connectivity index (χ0n) is 17.2. The summed E-state index contributed by atoms with van der Waals surface area (Å²) in [6.45, 7) is 6.29. The summed E-state index contributed by atoms with van der Waals surface area (Å²) >= 11 is 0. The summed E-state index contributed by atoms with van der Waals surface area (Å²) in [5.74, 6) is 0.829. The topological polar surface area (TPSA) is 109 Å². The van der Waals surface area contributed by atoms with Crippen molar-refractivity contribution in [3.8, 4) is 0 Å². The number of hydrogen-bond acceptors (Lipinski definition) is 8. The highest BCUT2D eigenvalue weighted by Gasteiger charge is 2.18. The second-order valence-corrected chi connectivity index (χ2v) is 6.95. The molecule has 0 saturated carbocycles. The zero-order chi connectivity index (χ0) is 21.6. The molecular formula is C21H24N8O2. The highest BCUT2D eigenvalue weighted by molar-refractivity contribution is 5.99. The van der Waals surface area contributed by atoms with Gasteiger partial charge in [0.15, 0.2) is 5.82 Å². The van der Waals surface area contributed by atoms with E-state index in [1.165, 1.54) is 6.08 Å². The van der Waals surface area contributed by atoms with Crippen molar-refractivity contribution < 1.29 is 9.53 Å². The number of aromatic nitrogens is 4. The maximum absolute atomic E-state index is 11.6. The maximum Gasteiger partial charge on any atom is 0.247 e. The Labute approximate surface area is 180 Å². The SMILES string of the molecule is C=CC(=O)Nc1cccc(Nc2nc(Nc3cnn(C)c3)ncc2N2CCOCC2)c1. The summed E-state index contributed by atoms with van der Waals surface area (Å²) in [5.41, 5.74) is 3.11. The molecule has 1 aromatic carbocycles. The minimum absolute atomic E-state index is 0.267. The lowest BCUT2D eigenvalue weighted by Gasteiger charge is -2.30. The van der Waals surface area contributed by atoms with E-state index in [1.54, 1.807) is 17.1 Å². The van der Waals surface area contributed by atoms with Crippen LogP contribution in [-0.4, -0.2) is 52.0 Å². The molecule has 4 rings (SSSR count). The van der Waals surface area contributed by atoms with Crippen molar-refractivity contribution in [2.75, 3.05) is 47.2 Å². The minimum Gasteiger partial charge on any atom is -0.378 e. The fourth-order valence-corrected chi connectivity index (χ4v) is 3.18. The first kappa shape index (κ1) is 20.4. The molecule has 0 bridgehead atoms. The van der Waals surface area contributed by atoms with E-state index in [2.05, 4.69) is 37.5 Å². The Morgan fingerprint density at radius 3 is 2.71 bits per heavy atom. The van der Waals surface area contributed by atoms with Crippen molar-refractivity contribution in [2.45, 2.75) is 0 Å². The Bertz CT molecular complexity index is 1070. The first-order valence-corrected chi connectivity index (χ1v) is 9.86. The average Bonchev–Trinajstić information content (AvgIpc) is 3.19. The number of anilines is 6. The number of rotatable bonds is 7. The standard InChI is InChI=1S/C21H24N8O2/c1-3-19(30)24-15-5-4-6-16(11-15)25-20-18(29-7-9-31-10-8-29)13-22-21(27-20)26-17-12-23-28(2)14-17/h3-6,11-14H,1,7-10H2,2H3,(H,24,30)(H2,22,25,26,27). The fourth-order valence-electron chi connectivity index (χ4n) is 3.18. The number of benzene rings is 1. The number of aryl methyl sites for hydroxylation is 1. The molecule has 0 spiro atoms. The highest BCUT2D eigenvalue weighted by atomic mass is 16.5. The molecule has 1 amide bonds. The number of carbonyl (C=O) groups is 1. The van der Waals surface area contributed by atoms with E-state index in [0.717, 1.165) is 30.2 Å². The van der Waals surface area contributed by atoms with Gasteiger partial charge in [-0.05, 0) is 24.3 Å². The second kappa shape index (κ2) is 9.26. The Morgan fingerprint density at radius 1 is 1.16 bits per heavy atom. The number of carbonyl (C=O) groups excluding carboxylic acids is 1. The fraction of sp³-hybridized carbons (Fsp3) is 0.238. The number of nitrogens with one attached hydrogen (secondary N) is 3. The first-order chi connectivity index (χ1) is 15.1. The third kappa shape index (κ3) is 5.17. The monoisotopic (exact) mass is 420 g/mol. The number of amides is 1. The molecule has 0 unspecified atom stereocenters. The van der Waals surface area contributed by atoms with Crippen molar-refractivity contribution in [3.05, 3.63) is 55.5 Å². The molecule has 1 aliphatic heterocycles. The lowest BCUT2D eigenvalue weighted by molar-refractivity contribution is -0.111. The van der Waals surface area contributed by atoms with Gasteiger partial charge in [0.05, 0.1) is 37.0 Å². The van der Waals surface area contributed by atoms with Crippen molar-refractivity contribution >= 4 is 40.4 Å². The van der Waals surface area contributed by atoms with Crippen LogP contribution in [0.2, 0.25) is 0 Å². The van der Waals surface area contributed by atoms with Gasteiger partial charge in [0.25, 0.3) is 0 Å². The van der Waals surface area contributed by atoms with Gasteiger partial charge >= 0.3 is 0 Å². The predicted octanol–water partition coefficient (Wildman–Crippen LogP) is 2.66.